The van der Waals surface area contributed by atoms with Gasteiger partial charge in [-0.05, 0) is 18.8 Å². The number of carboxylic acids is 1. The molecule has 0 aromatic rings. The van der Waals surface area contributed by atoms with Crippen molar-refractivity contribution in [3.05, 3.63) is 0 Å². The Kier molecular flexibility index (Phi) is 3.72. The topological polar surface area (TPSA) is 74.7 Å². The number of nitrogens with zero attached hydrogens (tertiary/aromatic N) is 1. The standard InChI is InChI=1S/C9H17NO4S/c1-7(2)6-15(13,14)10-5-3-4-8(10)9(11)12/h7-8H,3-6H2,1-2H3,(H,11,12). The predicted molar refractivity (Wildman–Crippen MR) is 56.0 cm³/mol. The van der Waals surface area contributed by atoms with Gasteiger partial charge in [0.25, 0.3) is 0 Å². The van der Waals surface area contributed by atoms with E-state index in [1.807, 2.05) is 13.8 Å². The van der Waals surface area contributed by atoms with E-state index in [9.17, 15) is 13.2 Å². The van der Waals surface area contributed by atoms with Gasteiger partial charge in [-0.15, -0.1) is 0 Å². The van der Waals surface area contributed by atoms with Gasteiger partial charge in [0.05, 0.1) is 5.75 Å². The minimum Gasteiger partial charge on any atom is -0.480 e. The summed E-state index contributed by atoms with van der Waals surface area (Å²) in [6, 6.07) is -0.853. The molecular weight excluding hydrogens is 218 g/mol. The molecule has 1 aliphatic rings. The number of hydrogen-bond acceptors (Lipinski definition) is 3. The van der Waals surface area contributed by atoms with Gasteiger partial charge in [-0.1, -0.05) is 13.8 Å². The Morgan fingerprint density at radius 1 is 1.53 bits per heavy atom. The summed E-state index contributed by atoms with van der Waals surface area (Å²) < 4.78 is 24.8. The molecule has 0 spiro atoms. The molecule has 5 nitrogen and oxygen atoms in total. The number of carboxylic acid groups (broad SMARTS) is 1. The van der Waals surface area contributed by atoms with E-state index in [0.29, 0.717) is 19.4 Å². The van der Waals surface area contributed by atoms with Crippen LogP contribution < -0.4 is 0 Å². The molecule has 1 N–H and O–H groups in total. The number of hydrogen-bond donors (Lipinski definition) is 1. The first kappa shape index (κ1) is 12.4. The maximum absolute atomic E-state index is 11.8. The van der Waals surface area contributed by atoms with E-state index in [1.54, 1.807) is 0 Å². The fraction of sp³-hybridized carbons (Fsp3) is 0.889. The van der Waals surface area contributed by atoms with Gasteiger partial charge in [-0.25, -0.2) is 8.42 Å². The van der Waals surface area contributed by atoms with Crippen molar-refractivity contribution in [2.75, 3.05) is 12.3 Å². The lowest BCUT2D eigenvalue weighted by Crippen LogP contribution is -2.42. The quantitative estimate of drug-likeness (QED) is 0.771. The summed E-state index contributed by atoms with van der Waals surface area (Å²) in [7, 11) is -3.40. The zero-order valence-electron chi connectivity index (χ0n) is 9.01. The third-order valence-corrected chi connectivity index (χ3v) is 4.63. The highest BCUT2D eigenvalue weighted by Gasteiger charge is 2.38. The van der Waals surface area contributed by atoms with Gasteiger partial charge in [0, 0.05) is 6.54 Å². The lowest BCUT2D eigenvalue weighted by molar-refractivity contribution is -0.140. The number of carbonyl (C=O) groups is 1. The molecule has 1 fully saturated rings. The SMILES string of the molecule is CC(C)CS(=O)(=O)N1CCCC1C(=O)O. The Hall–Kier alpha value is -0.620. The molecule has 0 aromatic heterocycles. The largest absolute Gasteiger partial charge is 0.480 e. The molecule has 0 aromatic carbocycles. The fourth-order valence-electron chi connectivity index (χ4n) is 1.84. The van der Waals surface area contributed by atoms with E-state index in [-0.39, 0.29) is 11.7 Å². The second kappa shape index (κ2) is 4.49. The van der Waals surface area contributed by atoms with E-state index < -0.39 is 22.0 Å². The fourth-order valence-corrected chi connectivity index (χ4v) is 3.86. The molecule has 0 radical (unpaired) electrons. The Labute approximate surface area is 90.1 Å². The molecule has 1 atom stereocenters. The minimum absolute atomic E-state index is 0.0186. The van der Waals surface area contributed by atoms with Crippen molar-refractivity contribution < 1.29 is 18.3 Å². The summed E-state index contributed by atoms with van der Waals surface area (Å²) in [6.45, 7) is 3.96. The molecule has 0 amide bonds. The molecule has 0 saturated carbocycles. The molecule has 6 heteroatoms. The average molecular weight is 235 g/mol. The summed E-state index contributed by atoms with van der Waals surface area (Å²) in [4.78, 5) is 10.8. The monoisotopic (exact) mass is 235 g/mol. The molecule has 88 valence electrons. The second-order valence-electron chi connectivity index (χ2n) is 4.28. The molecule has 1 aliphatic heterocycles. The van der Waals surface area contributed by atoms with Gasteiger partial charge >= 0.3 is 5.97 Å². The van der Waals surface area contributed by atoms with Crippen LogP contribution in [0, 0.1) is 5.92 Å². The third-order valence-electron chi connectivity index (χ3n) is 2.39. The van der Waals surface area contributed by atoms with Crippen LogP contribution in [0.25, 0.3) is 0 Å². The van der Waals surface area contributed by atoms with Gasteiger partial charge in [0.15, 0.2) is 0 Å². The van der Waals surface area contributed by atoms with Gasteiger partial charge < -0.3 is 5.11 Å². The van der Waals surface area contributed by atoms with E-state index in [2.05, 4.69) is 0 Å². The van der Waals surface area contributed by atoms with Crippen LogP contribution >= 0.6 is 0 Å². The van der Waals surface area contributed by atoms with E-state index >= 15 is 0 Å². The maximum Gasteiger partial charge on any atom is 0.322 e. The van der Waals surface area contributed by atoms with Crippen molar-refractivity contribution in [1.29, 1.82) is 0 Å². The highest BCUT2D eigenvalue weighted by molar-refractivity contribution is 7.89. The maximum atomic E-state index is 11.8. The first-order valence-electron chi connectivity index (χ1n) is 5.07. The van der Waals surface area contributed by atoms with Crippen LogP contribution in [0.1, 0.15) is 26.7 Å². The van der Waals surface area contributed by atoms with Crippen molar-refractivity contribution in [1.82, 2.24) is 4.31 Å². The second-order valence-corrected chi connectivity index (χ2v) is 6.25. The van der Waals surface area contributed by atoms with Crippen LogP contribution in [0.5, 0.6) is 0 Å². The Morgan fingerprint density at radius 2 is 2.13 bits per heavy atom. The number of rotatable bonds is 4. The summed E-state index contributed by atoms with van der Waals surface area (Å²) in [6.07, 6.45) is 1.06. The summed E-state index contributed by atoms with van der Waals surface area (Å²) >= 11 is 0. The normalized spacial score (nSPS) is 23.5. The first-order chi connectivity index (χ1) is 6.84. The van der Waals surface area contributed by atoms with Crippen molar-refractivity contribution >= 4 is 16.0 Å². The van der Waals surface area contributed by atoms with Crippen LogP contribution in [0.3, 0.4) is 0 Å². The summed E-state index contributed by atoms with van der Waals surface area (Å²) in [5, 5.41) is 8.88. The zero-order valence-corrected chi connectivity index (χ0v) is 9.83. The van der Waals surface area contributed by atoms with Gasteiger partial charge in [0.1, 0.15) is 6.04 Å². The molecule has 1 unspecified atom stereocenters. The third kappa shape index (κ3) is 2.92. The highest BCUT2D eigenvalue weighted by atomic mass is 32.2. The summed E-state index contributed by atoms with van der Waals surface area (Å²) in [5.41, 5.74) is 0. The molecule has 15 heavy (non-hydrogen) atoms. The van der Waals surface area contributed by atoms with E-state index in [1.165, 1.54) is 0 Å². The molecule has 0 aliphatic carbocycles. The average Bonchev–Trinajstić information content (AvgIpc) is 2.48. The minimum atomic E-state index is -3.40. The van der Waals surface area contributed by atoms with Crippen molar-refractivity contribution in [3.63, 3.8) is 0 Å². The first-order valence-corrected chi connectivity index (χ1v) is 6.68. The van der Waals surface area contributed by atoms with Gasteiger partial charge in [0.2, 0.25) is 10.0 Å². The molecule has 1 saturated heterocycles. The van der Waals surface area contributed by atoms with Gasteiger partial charge in [-0.3, -0.25) is 4.79 Å². The Bertz CT molecular complexity index is 336. The lowest BCUT2D eigenvalue weighted by Gasteiger charge is -2.21. The van der Waals surface area contributed by atoms with Crippen LogP contribution in [-0.4, -0.2) is 42.1 Å². The number of aliphatic carboxylic acids is 1. The molecule has 1 rings (SSSR count). The Morgan fingerprint density at radius 3 is 2.60 bits per heavy atom. The molecule has 1 heterocycles. The smallest absolute Gasteiger partial charge is 0.322 e. The van der Waals surface area contributed by atoms with Gasteiger partial charge in [-0.2, -0.15) is 4.31 Å². The van der Waals surface area contributed by atoms with Crippen molar-refractivity contribution in [2.24, 2.45) is 5.92 Å². The van der Waals surface area contributed by atoms with Crippen molar-refractivity contribution in [3.8, 4) is 0 Å². The molecular formula is C9H17NO4S. The van der Waals surface area contributed by atoms with Crippen LogP contribution in [-0.2, 0) is 14.8 Å². The number of sulfonamides is 1. The Balaban J connectivity index is 2.82. The lowest BCUT2D eigenvalue weighted by atomic mass is 10.2. The highest BCUT2D eigenvalue weighted by Crippen LogP contribution is 2.22. The summed E-state index contributed by atoms with van der Waals surface area (Å²) in [5.74, 6) is -0.999. The van der Waals surface area contributed by atoms with E-state index in [4.69, 9.17) is 5.11 Å². The zero-order chi connectivity index (χ0) is 11.6. The van der Waals surface area contributed by atoms with Crippen LogP contribution in [0.2, 0.25) is 0 Å². The predicted octanol–water partition coefficient (Wildman–Crippen LogP) is 0.521. The van der Waals surface area contributed by atoms with Crippen molar-refractivity contribution in [2.45, 2.75) is 32.7 Å². The van der Waals surface area contributed by atoms with E-state index in [0.717, 1.165) is 4.31 Å². The van der Waals surface area contributed by atoms with Crippen LogP contribution in [0.15, 0.2) is 0 Å². The van der Waals surface area contributed by atoms with Crippen LogP contribution in [0.4, 0.5) is 0 Å². The molecule has 0 bridgehead atoms.